The van der Waals surface area contributed by atoms with Gasteiger partial charge < -0.3 is 9.15 Å². The predicted molar refractivity (Wildman–Crippen MR) is 112 cm³/mol. The smallest absolute Gasteiger partial charge is 0.337 e. The van der Waals surface area contributed by atoms with Crippen molar-refractivity contribution in [2.75, 3.05) is 7.11 Å². The molecule has 2 N–H and O–H groups in total. The van der Waals surface area contributed by atoms with Crippen molar-refractivity contribution in [3.8, 4) is 16.5 Å². The van der Waals surface area contributed by atoms with Crippen molar-refractivity contribution >= 4 is 29.0 Å². The van der Waals surface area contributed by atoms with Crippen LogP contribution in [0, 0.1) is 5.41 Å². The molecule has 0 radical (unpaired) electrons. The van der Waals surface area contributed by atoms with Crippen LogP contribution in [0.25, 0.3) is 28.1 Å². The van der Waals surface area contributed by atoms with E-state index in [2.05, 4.69) is 10.1 Å². The molecule has 30 heavy (non-hydrogen) atoms. The topological polar surface area (TPSA) is 114 Å². The van der Waals surface area contributed by atoms with Gasteiger partial charge in [-0.2, -0.15) is 4.98 Å². The zero-order valence-corrected chi connectivity index (χ0v) is 17.3. The quantitative estimate of drug-likeness (QED) is 0.487. The maximum atomic E-state index is 12.5. The fourth-order valence-corrected chi connectivity index (χ4v) is 3.74. The molecule has 152 valence electrons. The molecule has 0 aliphatic carbocycles. The summed E-state index contributed by atoms with van der Waals surface area (Å²) in [6.07, 6.45) is 1.50. The van der Waals surface area contributed by atoms with Gasteiger partial charge in [-0.25, -0.2) is 9.48 Å². The maximum Gasteiger partial charge on any atom is 0.337 e. The van der Waals surface area contributed by atoms with Gasteiger partial charge in [0.25, 0.3) is 5.56 Å². The Labute approximate surface area is 174 Å². The molecule has 8 nitrogen and oxygen atoms in total. The summed E-state index contributed by atoms with van der Waals surface area (Å²) in [5, 5.41) is 12.1. The largest absolute Gasteiger partial charge is 0.465 e. The number of benzene rings is 1. The van der Waals surface area contributed by atoms with E-state index in [1.807, 2.05) is 13.8 Å². The van der Waals surface area contributed by atoms with Crippen LogP contribution < -0.4 is 20.9 Å². The van der Waals surface area contributed by atoms with E-state index in [1.165, 1.54) is 29.2 Å². The lowest BCUT2D eigenvalue weighted by Gasteiger charge is -2.01. The molecule has 0 unspecified atom stereocenters. The number of H-pyrrole nitrogens is 1. The number of rotatable bonds is 3. The summed E-state index contributed by atoms with van der Waals surface area (Å²) in [6.45, 7) is 3.89. The zero-order valence-electron chi connectivity index (χ0n) is 16.5. The van der Waals surface area contributed by atoms with Crippen LogP contribution in [0.15, 0.2) is 45.6 Å². The van der Waals surface area contributed by atoms with Crippen molar-refractivity contribution in [1.82, 2.24) is 14.8 Å². The van der Waals surface area contributed by atoms with Crippen LogP contribution in [-0.2, 0) is 4.74 Å². The molecule has 0 atom stereocenters. The minimum atomic E-state index is -0.490. The second-order valence-corrected chi connectivity index (χ2v) is 7.73. The molecule has 0 amide bonds. The molecule has 4 rings (SSSR count). The first kappa shape index (κ1) is 19.6. The van der Waals surface area contributed by atoms with E-state index in [1.54, 1.807) is 36.4 Å². The molecule has 0 saturated heterocycles. The standard InChI is InChI=1S/C21H18N4O4S/c1-11(2)19-24-25-17(22)15(18(26)23-21(25)30-19)10-14-8-9-16(29-14)12-4-6-13(7-5-12)20(27)28-3/h4-10,22,24H,1-3H3. The van der Waals surface area contributed by atoms with Gasteiger partial charge in [0, 0.05) is 5.56 Å². The Bertz CT molecular complexity index is 1450. The number of carbonyl (C=O) groups is 1. The summed E-state index contributed by atoms with van der Waals surface area (Å²) in [6, 6.07) is 10.3. The number of aromatic amines is 1. The number of hydrogen-bond donors (Lipinski definition) is 2. The highest BCUT2D eigenvalue weighted by Crippen LogP contribution is 2.23. The third-order valence-corrected chi connectivity index (χ3v) is 5.62. The van der Waals surface area contributed by atoms with E-state index in [-0.39, 0.29) is 10.7 Å². The molecule has 2 aliphatic heterocycles. The maximum absolute atomic E-state index is 12.5. The first-order valence-corrected chi connectivity index (χ1v) is 9.83. The number of esters is 1. The van der Waals surface area contributed by atoms with Crippen LogP contribution in [0.4, 0.5) is 0 Å². The lowest BCUT2D eigenvalue weighted by atomic mass is 10.1. The van der Waals surface area contributed by atoms with Crippen LogP contribution in [0.3, 0.4) is 0 Å². The fraction of sp³-hybridized carbons (Fsp3) is 0.143. The Morgan fingerprint density at radius 3 is 2.63 bits per heavy atom. The Kier molecular flexibility index (Phi) is 4.96. The van der Waals surface area contributed by atoms with Crippen molar-refractivity contribution in [2.45, 2.75) is 13.8 Å². The van der Waals surface area contributed by atoms with E-state index in [0.29, 0.717) is 22.2 Å². The Morgan fingerprint density at radius 2 is 1.97 bits per heavy atom. The highest BCUT2D eigenvalue weighted by Gasteiger charge is 2.12. The highest BCUT2D eigenvalue weighted by atomic mass is 32.1. The van der Waals surface area contributed by atoms with Gasteiger partial charge in [-0.1, -0.05) is 23.5 Å². The summed E-state index contributed by atoms with van der Waals surface area (Å²) >= 11 is 1.32. The molecule has 0 spiro atoms. The average Bonchev–Trinajstić information content (AvgIpc) is 3.38. The number of furan rings is 1. The molecule has 1 aromatic heterocycles. The molecule has 0 fully saturated rings. The number of aromatic nitrogens is 3. The van der Waals surface area contributed by atoms with Crippen molar-refractivity contribution in [1.29, 1.82) is 5.41 Å². The van der Waals surface area contributed by atoms with Crippen LogP contribution in [-0.4, -0.2) is 27.8 Å². The minimum absolute atomic E-state index is 0.00845. The lowest BCUT2D eigenvalue weighted by Crippen LogP contribution is -2.47. The molecular formula is C21H18N4O4S. The molecule has 0 saturated carbocycles. The molecule has 3 heterocycles. The first-order chi connectivity index (χ1) is 14.4. The molecule has 0 bridgehead atoms. The number of methoxy groups -OCH3 is 1. The van der Waals surface area contributed by atoms with Gasteiger partial charge >= 0.3 is 5.97 Å². The van der Waals surface area contributed by atoms with Gasteiger partial charge in [0.15, 0.2) is 5.49 Å². The van der Waals surface area contributed by atoms with E-state index in [4.69, 9.17) is 14.6 Å². The second kappa shape index (κ2) is 7.60. The molecule has 9 heteroatoms. The number of hydrogen-bond acceptors (Lipinski definition) is 7. The van der Waals surface area contributed by atoms with Gasteiger partial charge in [-0.3, -0.25) is 15.3 Å². The Balaban J connectivity index is 1.76. The van der Waals surface area contributed by atoms with Crippen molar-refractivity contribution < 1.29 is 13.9 Å². The van der Waals surface area contributed by atoms with Crippen LogP contribution in [0.5, 0.6) is 0 Å². The van der Waals surface area contributed by atoms with Crippen LogP contribution >= 0.6 is 11.3 Å². The number of nitrogens with one attached hydrogen (secondary N) is 2. The number of carbonyl (C=O) groups excluding carboxylic acids is 1. The summed E-state index contributed by atoms with van der Waals surface area (Å²) in [7, 11) is 1.33. The predicted octanol–water partition coefficient (Wildman–Crippen LogP) is 1.61. The summed E-state index contributed by atoms with van der Waals surface area (Å²) in [5.74, 6) is 0.577. The lowest BCUT2D eigenvalue weighted by molar-refractivity contribution is 0.0600. The van der Waals surface area contributed by atoms with Crippen LogP contribution in [0.1, 0.15) is 30.0 Å². The number of fused-ring (bicyclic) bond motifs is 1. The van der Waals surface area contributed by atoms with Gasteiger partial charge in [0.1, 0.15) is 16.2 Å². The third kappa shape index (κ3) is 3.50. The second-order valence-electron chi connectivity index (χ2n) is 6.76. The Morgan fingerprint density at radius 1 is 1.23 bits per heavy atom. The van der Waals surface area contributed by atoms with Gasteiger partial charge in [-0.15, -0.1) is 0 Å². The van der Waals surface area contributed by atoms with Crippen molar-refractivity contribution in [2.24, 2.45) is 0 Å². The minimum Gasteiger partial charge on any atom is -0.465 e. The number of nitrogens with zero attached hydrogens (tertiary/aromatic N) is 2. The Hall–Kier alpha value is -3.72. The van der Waals surface area contributed by atoms with E-state index in [9.17, 15) is 9.59 Å². The van der Waals surface area contributed by atoms with Gasteiger partial charge in [-0.05, 0) is 49.8 Å². The highest BCUT2D eigenvalue weighted by molar-refractivity contribution is 7.11. The monoisotopic (exact) mass is 422 g/mol. The molecule has 1 aromatic carbocycles. The molecular weight excluding hydrogens is 404 g/mol. The van der Waals surface area contributed by atoms with Crippen molar-refractivity contribution in [3.63, 3.8) is 0 Å². The molecule has 2 aliphatic rings. The molecule has 2 aromatic rings. The summed E-state index contributed by atoms with van der Waals surface area (Å²) in [5.41, 5.74) is 1.77. The third-order valence-electron chi connectivity index (χ3n) is 4.46. The van der Waals surface area contributed by atoms with E-state index >= 15 is 0 Å². The zero-order chi connectivity index (χ0) is 21.4. The first-order valence-electron chi connectivity index (χ1n) is 9.01. The summed E-state index contributed by atoms with van der Waals surface area (Å²) < 4.78 is 12.8. The average molecular weight is 422 g/mol. The van der Waals surface area contributed by atoms with E-state index < -0.39 is 11.5 Å². The fourth-order valence-electron chi connectivity index (χ4n) is 2.86. The van der Waals surface area contributed by atoms with Crippen molar-refractivity contribution in [3.05, 3.63) is 73.4 Å². The van der Waals surface area contributed by atoms with Gasteiger partial charge in [0.05, 0.1) is 17.9 Å². The van der Waals surface area contributed by atoms with Crippen LogP contribution in [0.2, 0.25) is 0 Å². The number of ether oxygens (including phenoxy) is 1. The van der Waals surface area contributed by atoms with E-state index in [0.717, 1.165) is 15.8 Å². The SMILES string of the molecule is COC(=O)c1ccc(-c2ccc(C=c3c(=O)nc4sc(=C(C)C)[nH]n-4c3=N)o2)cc1. The summed E-state index contributed by atoms with van der Waals surface area (Å²) in [4.78, 5) is 28.1. The normalized spacial score (nSPS) is 11.8. The van der Waals surface area contributed by atoms with Gasteiger partial charge in [0.2, 0.25) is 5.13 Å².